The normalized spacial score (nSPS) is 11.4. The summed E-state index contributed by atoms with van der Waals surface area (Å²) >= 11 is 5.73. The first-order chi connectivity index (χ1) is 14.0. The summed E-state index contributed by atoms with van der Waals surface area (Å²) in [4.78, 5) is 23.6. The number of anilines is 1. The summed E-state index contributed by atoms with van der Waals surface area (Å²) in [6, 6.07) is 6.96. The fraction of sp³-hybridized carbons (Fsp3) is 0.0526. The van der Waals surface area contributed by atoms with Gasteiger partial charge in [-0.25, -0.2) is 13.6 Å². The van der Waals surface area contributed by atoms with Crippen LogP contribution in [0.15, 0.2) is 46.9 Å². The molecular weight excluding hydrogens is 437 g/mol. The van der Waals surface area contributed by atoms with Gasteiger partial charge < -0.3 is 14.8 Å². The van der Waals surface area contributed by atoms with Crippen LogP contribution in [0.1, 0.15) is 26.5 Å². The van der Waals surface area contributed by atoms with E-state index < -0.39 is 52.3 Å². The molecule has 5 nitrogen and oxygen atoms in total. The van der Waals surface area contributed by atoms with Crippen LogP contribution in [0, 0.1) is 11.6 Å². The van der Waals surface area contributed by atoms with Crippen LogP contribution in [0.25, 0.3) is 11.3 Å². The van der Waals surface area contributed by atoms with Crippen molar-refractivity contribution in [1.29, 1.82) is 0 Å². The number of carbonyl (C=O) groups excluding carboxylic acids is 1. The summed E-state index contributed by atoms with van der Waals surface area (Å²) in [5.41, 5.74) is -2.37. The summed E-state index contributed by atoms with van der Waals surface area (Å²) in [7, 11) is 0. The Hall–Kier alpha value is -3.40. The quantitative estimate of drug-likeness (QED) is 0.494. The molecule has 3 rings (SSSR count). The third-order valence-electron chi connectivity index (χ3n) is 3.90. The second kappa shape index (κ2) is 7.79. The zero-order valence-corrected chi connectivity index (χ0v) is 15.2. The lowest BCUT2D eigenvalue weighted by Crippen LogP contribution is -2.19. The minimum atomic E-state index is -5.07. The van der Waals surface area contributed by atoms with Gasteiger partial charge in [0.15, 0.2) is 11.6 Å². The monoisotopic (exact) mass is 445 g/mol. The number of hydrogen-bond donors (Lipinski definition) is 2. The van der Waals surface area contributed by atoms with Crippen molar-refractivity contribution < 1.29 is 41.1 Å². The number of hydrogen-bond acceptors (Lipinski definition) is 3. The van der Waals surface area contributed by atoms with Gasteiger partial charge >= 0.3 is 12.1 Å². The smallest absolute Gasteiger partial charge is 0.450 e. The van der Waals surface area contributed by atoms with Gasteiger partial charge in [-0.15, -0.1) is 0 Å². The molecule has 0 saturated carbocycles. The number of furan rings is 1. The lowest BCUT2D eigenvalue weighted by atomic mass is 10.1. The van der Waals surface area contributed by atoms with Gasteiger partial charge in [-0.1, -0.05) is 11.6 Å². The second-order valence-corrected chi connectivity index (χ2v) is 6.37. The van der Waals surface area contributed by atoms with E-state index in [1.54, 1.807) is 0 Å². The van der Waals surface area contributed by atoms with Crippen molar-refractivity contribution in [3.63, 3.8) is 0 Å². The molecule has 0 radical (unpaired) electrons. The number of carboxylic acids is 1. The molecule has 0 saturated heterocycles. The fourth-order valence-corrected chi connectivity index (χ4v) is 2.67. The molecule has 0 bridgehead atoms. The molecule has 3 aromatic rings. The zero-order chi connectivity index (χ0) is 22.2. The highest BCUT2D eigenvalue weighted by Crippen LogP contribution is 2.38. The Bertz CT molecular complexity index is 1140. The van der Waals surface area contributed by atoms with Crippen LogP contribution in [-0.2, 0) is 6.18 Å². The molecule has 0 spiro atoms. The van der Waals surface area contributed by atoms with E-state index in [-0.39, 0.29) is 11.3 Å². The number of carbonyl (C=O) groups is 2. The minimum Gasteiger partial charge on any atom is -0.478 e. The van der Waals surface area contributed by atoms with Gasteiger partial charge in [-0.05, 0) is 36.4 Å². The molecule has 1 aromatic heterocycles. The maximum absolute atomic E-state index is 13.5. The van der Waals surface area contributed by atoms with Crippen molar-refractivity contribution in [3.8, 4) is 11.3 Å². The first kappa shape index (κ1) is 21.3. The molecule has 0 unspecified atom stereocenters. The molecule has 156 valence electrons. The fourth-order valence-electron chi connectivity index (χ4n) is 2.54. The molecule has 0 fully saturated rings. The van der Waals surface area contributed by atoms with E-state index in [2.05, 4.69) is 0 Å². The molecule has 1 amide bonds. The maximum Gasteiger partial charge on any atom is 0.450 e. The number of carboxylic acid groups (broad SMARTS) is 1. The van der Waals surface area contributed by atoms with Crippen molar-refractivity contribution in [3.05, 3.63) is 76.0 Å². The van der Waals surface area contributed by atoms with E-state index in [4.69, 9.17) is 21.1 Å². The van der Waals surface area contributed by atoms with E-state index in [0.29, 0.717) is 17.2 Å². The van der Waals surface area contributed by atoms with Crippen molar-refractivity contribution in [2.24, 2.45) is 0 Å². The van der Waals surface area contributed by atoms with Gasteiger partial charge in [0, 0.05) is 16.7 Å². The lowest BCUT2D eigenvalue weighted by molar-refractivity contribution is -0.153. The molecule has 1 heterocycles. The molecule has 0 atom stereocenters. The van der Waals surface area contributed by atoms with Crippen molar-refractivity contribution in [1.82, 2.24) is 0 Å². The predicted octanol–water partition coefficient (Wildman–Crippen LogP) is 5.85. The largest absolute Gasteiger partial charge is 0.478 e. The van der Waals surface area contributed by atoms with Gasteiger partial charge in [-0.2, -0.15) is 13.2 Å². The molecule has 11 heteroatoms. The van der Waals surface area contributed by atoms with E-state index in [0.717, 1.165) is 6.07 Å². The standard InChI is InChI=1S/C19H9ClF5NO4/c20-9-3-1-8(2-4-9)15-6-11(16(30-15)19(23,24)25)17(27)26-14-7-13(22)12(21)5-10(14)18(28)29/h1-7H,(H,26,27)(H,28,29). The number of nitrogens with one attached hydrogen (secondary N) is 1. The van der Waals surface area contributed by atoms with Gasteiger partial charge in [0.1, 0.15) is 5.76 Å². The Labute approximate surface area is 169 Å². The molecule has 2 aromatic carbocycles. The lowest BCUT2D eigenvalue weighted by Gasteiger charge is -2.10. The van der Waals surface area contributed by atoms with Crippen molar-refractivity contribution in [2.75, 3.05) is 5.32 Å². The molecule has 0 aliphatic carbocycles. The number of aromatic carboxylic acids is 1. The number of alkyl halides is 3. The Morgan fingerprint density at radius 2 is 1.57 bits per heavy atom. The Balaban J connectivity index is 2.05. The van der Waals surface area contributed by atoms with Crippen molar-refractivity contribution in [2.45, 2.75) is 6.18 Å². The number of benzene rings is 2. The number of amides is 1. The first-order valence-corrected chi connectivity index (χ1v) is 8.36. The third-order valence-corrected chi connectivity index (χ3v) is 4.15. The topological polar surface area (TPSA) is 79.5 Å². The van der Waals surface area contributed by atoms with Crippen LogP contribution in [0.4, 0.5) is 27.6 Å². The molecule has 0 aliphatic heterocycles. The molecule has 30 heavy (non-hydrogen) atoms. The summed E-state index contributed by atoms with van der Waals surface area (Å²) < 4.78 is 71.7. The van der Waals surface area contributed by atoms with Crippen LogP contribution in [-0.4, -0.2) is 17.0 Å². The summed E-state index contributed by atoms with van der Waals surface area (Å²) in [5.74, 6) is -8.12. The van der Waals surface area contributed by atoms with Gasteiger partial charge in [-0.3, -0.25) is 4.79 Å². The SMILES string of the molecule is O=C(O)c1cc(F)c(F)cc1NC(=O)c1cc(-c2ccc(Cl)cc2)oc1C(F)(F)F. The molecular formula is C19H9ClF5NO4. The highest BCUT2D eigenvalue weighted by Gasteiger charge is 2.40. The predicted molar refractivity (Wildman–Crippen MR) is 95.4 cm³/mol. The van der Waals surface area contributed by atoms with Gasteiger partial charge in [0.25, 0.3) is 5.91 Å². The Morgan fingerprint density at radius 1 is 0.967 bits per heavy atom. The van der Waals surface area contributed by atoms with Gasteiger partial charge in [0.2, 0.25) is 5.76 Å². The van der Waals surface area contributed by atoms with E-state index in [1.807, 2.05) is 5.32 Å². The zero-order valence-electron chi connectivity index (χ0n) is 14.5. The van der Waals surface area contributed by atoms with Crippen LogP contribution in [0.2, 0.25) is 5.02 Å². The second-order valence-electron chi connectivity index (χ2n) is 5.93. The van der Waals surface area contributed by atoms with Crippen LogP contribution in [0.5, 0.6) is 0 Å². The third kappa shape index (κ3) is 4.28. The van der Waals surface area contributed by atoms with Crippen LogP contribution in [0.3, 0.4) is 0 Å². The highest BCUT2D eigenvalue weighted by molar-refractivity contribution is 6.30. The van der Waals surface area contributed by atoms with Crippen LogP contribution < -0.4 is 5.32 Å². The van der Waals surface area contributed by atoms with E-state index in [9.17, 15) is 31.5 Å². The average molecular weight is 446 g/mol. The molecule has 0 aliphatic rings. The Morgan fingerprint density at radius 3 is 2.13 bits per heavy atom. The number of rotatable bonds is 4. The average Bonchev–Trinajstić information content (AvgIpc) is 3.11. The van der Waals surface area contributed by atoms with E-state index >= 15 is 0 Å². The van der Waals surface area contributed by atoms with Gasteiger partial charge in [0.05, 0.1) is 16.8 Å². The van der Waals surface area contributed by atoms with E-state index in [1.165, 1.54) is 24.3 Å². The first-order valence-electron chi connectivity index (χ1n) is 7.98. The molecule has 2 N–H and O–H groups in total. The maximum atomic E-state index is 13.5. The summed E-state index contributed by atoms with van der Waals surface area (Å²) in [5, 5.41) is 11.2. The summed E-state index contributed by atoms with van der Waals surface area (Å²) in [6.07, 6.45) is -5.07. The minimum absolute atomic E-state index is 0.183. The summed E-state index contributed by atoms with van der Waals surface area (Å²) in [6.45, 7) is 0. The van der Waals surface area contributed by atoms with Crippen LogP contribution >= 0.6 is 11.6 Å². The number of halogens is 6. The highest BCUT2D eigenvalue weighted by atomic mass is 35.5. The Kier molecular flexibility index (Phi) is 5.53. The van der Waals surface area contributed by atoms with Crippen molar-refractivity contribution >= 4 is 29.2 Å².